The molecule has 0 radical (unpaired) electrons. The highest BCUT2D eigenvalue weighted by Gasteiger charge is 2.86. The lowest BCUT2D eigenvalue weighted by atomic mass is 9.81. The molecule has 4 aliphatic rings. The number of aromatic nitrogens is 2. The quantitative estimate of drug-likeness (QED) is 0.167. The van der Waals surface area contributed by atoms with Crippen molar-refractivity contribution in [3.8, 4) is 33.6 Å². The molecule has 1 spiro atoms. The van der Waals surface area contributed by atoms with Crippen LogP contribution in [0, 0.1) is 6.92 Å². The molecule has 230 valence electrons. The van der Waals surface area contributed by atoms with E-state index >= 15 is 0 Å². The second-order valence-electron chi connectivity index (χ2n) is 15.3. The minimum absolute atomic E-state index is 0.0692. The Labute approximate surface area is 280 Å². The molecular formula is C45H36N2O+2. The summed E-state index contributed by atoms with van der Waals surface area (Å²) in [6, 6.07) is 36.7. The largest absolute Gasteiger partial charge is 0.455 e. The van der Waals surface area contributed by atoms with Gasteiger partial charge in [0.15, 0.2) is 12.4 Å². The fraction of sp³-hybridized carbons (Fsp3) is 0.200. The molecule has 3 unspecified atom stereocenters. The van der Waals surface area contributed by atoms with Gasteiger partial charge in [0.05, 0.1) is 11.1 Å². The van der Waals surface area contributed by atoms with E-state index in [2.05, 4.69) is 158 Å². The second-order valence-corrected chi connectivity index (χ2v) is 15.3. The Morgan fingerprint density at radius 3 is 2.40 bits per heavy atom. The third-order valence-electron chi connectivity index (χ3n) is 11.9. The van der Waals surface area contributed by atoms with Gasteiger partial charge in [-0.3, -0.25) is 0 Å². The molecule has 0 bridgehead atoms. The van der Waals surface area contributed by atoms with Gasteiger partial charge in [-0.15, -0.1) is 0 Å². The van der Waals surface area contributed by atoms with Crippen molar-refractivity contribution in [2.24, 2.45) is 0 Å². The first-order valence-electron chi connectivity index (χ1n) is 17.3. The zero-order valence-electron chi connectivity index (χ0n) is 27.7. The topological polar surface area (TPSA) is 20.9 Å². The van der Waals surface area contributed by atoms with E-state index in [-0.39, 0.29) is 17.0 Å². The van der Waals surface area contributed by atoms with Gasteiger partial charge in [-0.1, -0.05) is 93.6 Å². The number of allylic oxidation sites excluding steroid dienone is 1. The van der Waals surface area contributed by atoms with Crippen molar-refractivity contribution in [3.63, 3.8) is 0 Å². The predicted molar refractivity (Wildman–Crippen MR) is 192 cm³/mol. The Morgan fingerprint density at radius 2 is 1.54 bits per heavy atom. The summed E-state index contributed by atoms with van der Waals surface area (Å²) in [6.07, 6.45) is 10.3. The summed E-state index contributed by atoms with van der Waals surface area (Å²) in [5, 5.41) is 2.40. The number of fused-ring (bicyclic) bond motifs is 19. The number of benzene rings is 4. The highest BCUT2D eigenvalue weighted by molar-refractivity contribution is 6.12. The van der Waals surface area contributed by atoms with Crippen molar-refractivity contribution in [1.82, 2.24) is 0 Å². The Kier molecular flexibility index (Phi) is 4.90. The van der Waals surface area contributed by atoms with E-state index in [9.17, 15) is 0 Å². The van der Waals surface area contributed by atoms with Gasteiger partial charge in [0.2, 0.25) is 17.4 Å². The number of aryl methyl sites for hydroxylation is 1. The van der Waals surface area contributed by atoms with Crippen LogP contribution >= 0.6 is 0 Å². The zero-order chi connectivity index (χ0) is 32.1. The number of furan rings is 1. The van der Waals surface area contributed by atoms with Gasteiger partial charge in [-0.05, 0) is 64.8 Å². The third-order valence-corrected chi connectivity index (χ3v) is 11.9. The number of hydrogen-bond acceptors (Lipinski definition) is 1. The monoisotopic (exact) mass is 620 g/mol. The van der Waals surface area contributed by atoms with E-state index in [1.165, 1.54) is 77.8 Å². The van der Waals surface area contributed by atoms with E-state index in [0.29, 0.717) is 5.92 Å². The molecule has 3 aromatic heterocycles. The van der Waals surface area contributed by atoms with Crippen LogP contribution in [0.5, 0.6) is 0 Å². The molecule has 5 heterocycles. The van der Waals surface area contributed by atoms with Gasteiger partial charge < -0.3 is 4.42 Å². The van der Waals surface area contributed by atoms with Gasteiger partial charge in [0.1, 0.15) is 17.1 Å². The molecule has 0 amide bonds. The molecule has 3 atom stereocenters. The van der Waals surface area contributed by atoms with Crippen LogP contribution in [0.15, 0.2) is 120 Å². The standard InChI is InChI=1S/C45H36N2O/c1-26-12-5-6-14-28(26)34-24-38-39-35(22-21-33-32-20-19-27-13-11-17-29(27)41(32)48-42(33)39)45(47(38)25-36(34)44(2,3)4)40-31-16-8-7-15-30(31)37-18-9-10-23-46(37)43(40)45/h5-12,14-25,40,43H,13H2,1-4H3/q+2. The summed E-state index contributed by atoms with van der Waals surface area (Å²) in [5.41, 5.74) is 17.5. The molecule has 0 saturated heterocycles. The molecule has 7 aromatic rings. The molecule has 11 rings (SSSR count). The van der Waals surface area contributed by atoms with Crippen LogP contribution in [0.4, 0.5) is 0 Å². The average Bonchev–Trinajstić information content (AvgIpc) is 3.34. The lowest BCUT2D eigenvalue weighted by molar-refractivity contribution is -0.772. The number of rotatable bonds is 1. The van der Waals surface area contributed by atoms with Crippen LogP contribution in [0.1, 0.15) is 66.1 Å². The summed E-state index contributed by atoms with van der Waals surface area (Å²) in [6.45, 7) is 9.31. The van der Waals surface area contributed by atoms with Gasteiger partial charge >= 0.3 is 0 Å². The molecule has 48 heavy (non-hydrogen) atoms. The Balaban J connectivity index is 1.30. The molecule has 3 nitrogen and oxygen atoms in total. The summed E-state index contributed by atoms with van der Waals surface area (Å²) in [4.78, 5) is 0. The van der Waals surface area contributed by atoms with E-state index in [1.54, 1.807) is 0 Å². The van der Waals surface area contributed by atoms with Gasteiger partial charge in [0.25, 0.3) is 5.54 Å². The molecule has 2 aliphatic heterocycles. The fourth-order valence-electron chi connectivity index (χ4n) is 9.78. The molecule has 4 aromatic carbocycles. The van der Waals surface area contributed by atoms with Crippen molar-refractivity contribution < 1.29 is 13.6 Å². The summed E-state index contributed by atoms with van der Waals surface area (Å²) >= 11 is 0. The maximum atomic E-state index is 7.10. The maximum absolute atomic E-state index is 7.10. The molecular weight excluding hydrogens is 585 g/mol. The smallest absolute Gasteiger partial charge is 0.269 e. The van der Waals surface area contributed by atoms with Crippen molar-refractivity contribution >= 4 is 28.0 Å². The van der Waals surface area contributed by atoms with E-state index in [1.807, 2.05) is 0 Å². The van der Waals surface area contributed by atoms with E-state index in [4.69, 9.17) is 4.42 Å². The lowest BCUT2D eigenvalue weighted by Crippen LogP contribution is -2.51. The van der Waals surface area contributed by atoms with Crippen molar-refractivity contribution in [3.05, 3.63) is 149 Å². The first kappa shape index (κ1) is 26.8. The molecule has 2 aliphatic carbocycles. The molecule has 1 saturated carbocycles. The number of hydrogen-bond donors (Lipinski definition) is 0. The number of nitrogens with zero attached hydrogens (tertiary/aromatic N) is 2. The first-order chi connectivity index (χ1) is 23.4. The van der Waals surface area contributed by atoms with Gasteiger partial charge in [0, 0.05) is 45.7 Å². The minimum atomic E-state index is -0.280. The van der Waals surface area contributed by atoms with Crippen molar-refractivity contribution in [2.75, 3.05) is 0 Å². The normalized spacial score (nSPS) is 20.8. The zero-order valence-corrected chi connectivity index (χ0v) is 27.7. The van der Waals surface area contributed by atoms with Gasteiger partial charge in [-0.25, -0.2) is 0 Å². The number of pyridine rings is 2. The van der Waals surface area contributed by atoms with Crippen LogP contribution in [-0.2, 0) is 17.4 Å². The van der Waals surface area contributed by atoms with Gasteiger partial charge in [-0.2, -0.15) is 9.13 Å². The highest BCUT2D eigenvalue weighted by Crippen LogP contribution is 2.71. The molecule has 1 fully saturated rings. The Morgan fingerprint density at radius 1 is 0.771 bits per heavy atom. The molecule has 3 heteroatoms. The lowest BCUT2D eigenvalue weighted by Gasteiger charge is -2.23. The summed E-state index contributed by atoms with van der Waals surface area (Å²) in [5.74, 6) is 0.296. The first-order valence-corrected chi connectivity index (χ1v) is 17.3. The Bertz CT molecular complexity index is 2560. The third kappa shape index (κ3) is 3.11. The maximum Gasteiger partial charge on any atom is 0.269 e. The predicted octanol–water partition coefficient (Wildman–Crippen LogP) is 9.75. The van der Waals surface area contributed by atoms with E-state index < -0.39 is 0 Å². The van der Waals surface area contributed by atoms with E-state index in [0.717, 1.165) is 17.6 Å². The summed E-state index contributed by atoms with van der Waals surface area (Å²) < 4.78 is 12.3. The molecule has 0 N–H and O–H groups in total. The highest BCUT2D eigenvalue weighted by atomic mass is 16.3. The van der Waals surface area contributed by atoms with Crippen LogP contribution in [0.2, 0.25) is 0 Å². The van der Waals surface area contributed by atoms with Crippen LogP contribution in [-0.4, -0.2) is 0 Å². The van der Waals surface area contributed by atoms with Crippen LogP contribution in [0.25, 0.3) is 61.7 Å². The fourth-order valence-corrected chi connectivity index (χ4v) is 9.78. The average molecular weight is 621 g/mol. The SMILES string of the molecule is Cc1ccccc1-c1cc2[n+](cc1C(C)(C)C)C1(c3ccc4c(oc5c6c(ccc54)CC=C6)c3-2)C2c3ccccc3-c3cccc[n+]3C21. The minimum Gasteiger partial charge on any atom is -0.455 e. The second kappa shape index (κ2) is 8.79. The van der Waals surface area contributed by atoms with Crippen molar-refractivity contribution in [1.29, 1.82) is 0 Å². The summed E-state index contributed by atoms with van der Waals surface area (Å²) in [7, 11) is 0. The van der Waals surface area contributed by atoms with Crippen LogP contribution in [0.3, 0.4) is 0 Å². The Hall–Kier alpha value is -5.28. The van der Waals surface area contributed by atoms with Crippen molar-refractivity contribution in [2.45, 2.75) is 57.0 Å². The van der Waals surface area contributed by atoms with Crippen LogP contribution < -0.4 is 9.13 Å².